The fourth-order valence-corrected chi connectivity index (χ4v) is 6.86. The predicted octanol–water partition coefficient (Wildman–Crippen LogP) is 3.42. The number of aliphatic hydroxyl groups is 1. The standard InChI is InChI=1S/C30H40N2O6/c1-5-9-18-31(17-6-2)27(35)25-30-16-15-29(8-4,38-30)24(28(36)37-19-7-3)23(30)26(34)32(25)22(20-33)21-13-11-10-12-14-21/h6-7,10-14,22-25,33H,2-3,5,8-9,15-20H2,1,4H3/t22-,23+,24-,25?,29+,30?/m1/s1. The van der Waals surface area contributed by atoms with E-state index >= 15 is 0 Å². The van der Waals surface area contributed by atoms with Crippen LogP contribution in [0.2, 0.25) is 0 Å². The molecule has 0 radical (unpaired) electrons. The van der Waals surface area contributed by atoms with Gasteiger partial charge in [-0.15, -0.1) is 6.58 Å². The quantitative estimate of drug-likeness (QED) is 0.314. The molecule has 4 rings (SSSR count). The van der Waals surface area contributed by atoms with Gasteiger partial charge in [0.05, 0.1) is 24.2 Å². The Bertz CT molecular complexity index is 1060. The van der Waals surface area contributed by atoms with E-state index < -0.39 is 41.1 Å². The maximum absolute atomic E-state index is 14.4. The fourth-order valence-electron chi connectivity index (χ4n) is 6.86. The lowest BCUT2D eigenvalue weighted by Gasteiger charge is -2.39. The van der Waals surface area contributed by atoms with Crippen molar-refractivity contribution in [1.82, 2.24) is 9.80 Å². The minimum Gasteiger partial charge on any atom is -0.461 e. The number of likely N-dealkylation sites (tertiary alicyclic amines) is 1. The number of benzene rings is 1. The van der Waals surface area contributed by atoms with Crippen LogP contribution in [0.5, 0.6) is 0 Å². The third-order valence-electron chi connectivity index (χ3n) is 8.59. The molecule has 0 aliphatic carbocycles. The molecule has 2 amide bonds. The van der Waals surface area contributed by atoms with Gasteiger partial charge in [-0.25, -0.2) is 0 Å². The van der Waals surface area contributed by atoms with Crippen LogP contribution in [0.1, 0.15) is 57.6 Å². The number of carbonyl (C=O) groups is 3. The monoisotopic (exact) mass is 524 g/mol. The Kier molecular flexibility index (Phi) is 8.43. The highest BCUT2D eigenvalue weighted by molar-refractivity contribution is 5.99. The van der Waals surface area contributed by atoms with Crippen LogP contribution >= 0.6 is 0 Å². The molecule has 1 N–H and O–H groups in total. The highest BCUT2D eigenvalue weighted by atomic mass is 16.6. The van der Waals surface area contributed by atoms with E-state index in [0.29, 0.717) is 37.9 Å². The van der Waals surface area contributed by atoms with E-state index in [2.05, 4.69) is 20.1 Å². The summed E-state index contributed by atoms with van der Waals surface area (Å²) in [5.74, 6) is -2.81. The lowest BCUT2D eigenvalue weighted by molar-refractivity contribution is -0.163. The SMILES string of the molecule is C=CCOC(=O)[C@H]1[C@H]2C(=O)N([C@H](CO)c3ccccc3)C(C(=O)N(CC=C)CCCC)C23CC[C@]1(CC)O3. The number of esters is 1. The van der Waals surface area contributed by atoms with Crippen LogP contribution in [0, 0.1) is 11.8 Å². The van der Waals surface area contributed by atoms with Gasteiger partial charge < -0.3 is 24.4 Å². The smallest absolute Gasteiger partial charge is 0.313 e. The van der Waals surface area contributed by atoms with Gasteiger partial charge >= 0.3 is 5.97 Å². The summed E-state index contributed by atoms with van der Waals surface area (Å²) in [6.07, 6.45) is 6.41. The number of hydrogen-bond donors (Lipinski definition) is 1. The zero-order valence-corrected chi connectivity index (χ0v) is 22.5. The van der Waals surface area contributed by atoms with Gasteiger partial charge in [-0.2, -0.15) is 0 Å². The van der Waals surface area contributed by atoms with Crippen molar-refractivity contribution in [2.45, 2.75) is 69.2 Å². The molecule has 1 aromatic carbocycles. The van der Waals surface area contributed by atoms with Gasteiger partial charge in [-0.3, -0.25) is 14.4 Å². The van der Waals surface area contributed by atoms with Gasteiger partial charge in [-0.1, -0.05) is 69.3 Å². The topological polar surface area (TPSA) is 96.4 Å². The zero-order valence-electron chi connectivity index (χ0n) is 22.5. The third kappa shape index (κ3) is 4.37. The highest BCUT2D eigenvalue weighted by Crippen LogP contribution is 2.65. The van der Waals surface area contributed by atoms with E-state index in [1.165, 1.54) is 11.0 Å². The number of fused-ring (bicyclic) bond motifs is 1. The lowest BCUT2D eigenvalue weighted by atomic mass is 9.65. The van der Waals surface area contributed by atoms with E-state index in [1.54, 1.807) is 11.0 Å². The summed E-state index contributed by atoms with van der Waals surface area (Å²) in [4.78, 5) is 45.5. The Morgan fingerprint density at radius 3 is 2.58 bits per heavy atom. The summed E-state index contributed by atoms with van der Waals surface area (Å²) in [6.45, 7) is 12.0. The summed E-state index contributed by atoms with van der Waals surface area (Å²) in [7, 11) is 0. The molecule has 8 nitrogen and oxygen atoms in total. The molecule has 1 aromatic rings. The van der Waals surface area contributed by atoms with Gasteiger partial charge in [0.1, 0.15) is 24.2 Å². The number of hydrogen-bond acceptors (Lipinski definition) is 6. The number of amides is 2. The molecular weight excluding hydrogens is 484 g/mol. The van der Waals surface area contributed by atoms with Crippen molar-refractivity contribution in [2.24, 2.45) is 11.8 Å². The summed E-state index contributed by atoms with van der Waals surface area (Å²) in [5, 5.41) is 10.6. The van der Waals surface area contributed by atoms with Crippen molar-refractivity contribution in [3.8, 4) is 0 Å². The first-order valence-electron chi connectivity index (χ1n) is 13.7. The van der Waals surface area contributed by atoms with Crippen molar-refractivity contribution in [3.05, 3.63) is 61.2 Å². The van der Waals surface area contributed by atoms with Crippen LogP contribution in [0.4, 0.5) is 0 Å². The molecule has 0 saturated carbocycles. The van der Waals surface area contributed by atoms with Crippen LogP contribution in [-0.2, 0) is 23.9 Å². The van der Waals surface area contributed by atoms with Gasteiger partial charge in [0.2, 0.25) is 11.8 Å². The molecule has 8 heteroatoms. The molecular formula is C30H40N2O6. The van der Waals surface area contributed by atoms with Crippen LogP contribution in [-0.4, -0.2) is 76.2 Å². The average Bonchev–Trinajstić information content (AvgIpc) is 3.54. The molecule has 1 spiro atoms. The number of rotatable bonds is 13. The largest absolute Gasteiger partial charge is 0.461 e. The molecule has 2 unspecified atom stereocenters. The van der Waals surface area contributed by atoms with Gasteiger partial charge in [-0.05, 0) is 31.2 Å². The maximum Gasteiger partial charge on any atom is 0.313 e. The Hall–Kier alpha value is -2.97. The molecule has 3 heterocycles. The number of carbonyl (C=O) groups excluding carboxylic acids is 3. The summed E-state index contributed by atoms with van der Waals surface area (Å²) in [6, 6.07) is 7.45. The summed E-state index contributed by atoms with van der Waals surface area (Å²) >= 11 is 0. The zero-order chi connectivity index (χ0) is 27.5. The van der Waals surface area contributed by atoms with Crippen LogP contribution in [0.3, 0.4) is 0 Å². The number of ether oxygens (including phenoxy) is 2. The molecule has 3 fully saturated rings. The van der Waals surface area contributed by atoms with E-state index in [0.717, 1.165) is 12.8 Å². The number of nitrogens with zero attached hydrogens (tertiary/aromatic N) is 2. The normalized spacial score (nSPS) is 30.1. The van der Waals surface area contributed by atoms with E-state index in [1.807, 2.05) is 37.3 Å². The van der Waals surface area contributed by atoms with E-state index in [-0.39, 0.29) is 25.0 Å². The number of unbranched alkanes of at least 4 members (excludes halogenated alkanes) is 1. The minimum absolute atomic E-state index is 0.0303. The summed E-state index contributed by atoms with van der Waals surface area (Å²) in [5.41, 5.74) is -1.35. The maximum atomic E-state index is 14.4. The molecule has 3 saturated heterocycles. The van der Waals surface area contributed by atoms with Crippen LogP contribution < -0.4 is 0 Å². The van der Waals surface area contributed by atoms with Crippen molar-refractivity contribution in [3.63, 3.8) is 0 Å². The van der Waals surface area contributed by atoms with Gasteiger partial charge in [0.15, 0.2) is 0 Å². The van der Waals surface area contributed by atoms with Crippen molar-refractivity contribution < 1.29 is 29.0 Å². The molecule has 38 heavy (non-hydrogen) atoms. The van der Waals surface area contributed by atoms with Crippen molar-refractivity contribution in [1.29, 1.82) is 0 Å². The van der Waals surface area contributed by atoms with Gasteiger partial charge in [0.25, 0.3) is 0 Å². The van der Waals surface area contributed by atoms with Crippen molar-refractivity contribution >= 4 is 17.8 Å². The average molecular weight is 525 g/mol. The number of aliphatic hydroxyl groups excluding tert-OH is 1. The first-order valence-corrected chi connectivity index (χ1v) is 13.7. The fraction of sp³-hybridized carbons (Fsp3) is 0.567. The molecule has 3 aliphatic rings. The predicted molar refractivity (Wildman–Crippen MR) is 143 cm³/mol. The Balaban J connectivity index is 1.85. The van der Waals surface area contributed by atoms with Crippen molar-refractivity contribution in [2.75, 3.05) is 26.3 Å². The first kappa shape index (κ1) is 28.0. The second-order valence-corrected chi connectivity index (χ2v) is 10.5. The van der Waals surface area contributed by atoms with E-state index in [4.69, 9.17) is 9.47 Å². The molecule has 206 valence electrons. The van der Waals surface area contributed by atoms with E-state index in [9.17, 15) is 19.5 Å². The molecule has 0 aromatic heterocycles. The second-order valence-electron chi connectivity index (χ2n) is 10.5. The highest BCUT2D eigenvalue weighted by Gasteiger charge is 2.79. The Morgan fingerprint density at radius 2 is 1.97 bits per heavy atom. The second kappa shape index (κ2) is 11.4. The molecule has 3 aliphatic heterocycles. The Morgan fingerprint density at radius 1 is 1.24 bits per heavy atom. The van der Waals surface area contributed by atoms with Crippen LogP contribution in [0.25, 0.3) is 0 Å². The minimum atomic E-state index is -1.18. The lowest BCUT2D eigenvalue weighted by Crippen LogP contribution is -2.57. The Labute approximate surface area is 225 Å². The molecule has 6 atom stereocenters. The van der Waals surface area contributed by atoms with Crippen LogP contribution in [0.15, 0.2) is 55.6 Å². The van der Waals surface area contributed by atoms with Gasteiger partial charge in [0, 0.05) is 13.1 Å². The first-order chi connectivity index (χ1) is 18.4. The molecule has 2 bridgehead atoms. The summed E-state index contributed by atoms with van der Waals surface area (Å²) < 4.78 is 12.3. The third-order valence-corrected chi connectivity index (χ3v) is 8.59.